The van der Waals surface area contributed by atoms with Crippen LogP contribution >= 0.6 is 0 Å². The molecular weight excluding hydrogens is 652 g/mol. The molecule has 5 aromatic carbocycles. The lowest BCUT2D eigenvalue weighted by molar-refractivity contribution is -0.229. The summed E-state index contributed by atoms with van der Waals surface area (Å²) in [5.41, 5.74) is 8.98. The van der Waals surface area contributed by atoms with Crippen LogP contribution in [0.25, 0.3) is 0 Å². The van der Waals surface area contributed by atoms with Gasteiger partial charge < -0.3 is 33.2 Å². The second-order valence-electron chi connectivity index (χ2n) is 12.6. The van der Waals surface area contributed by atoms with Gasteiger partial charge in [0.25, 0.3) is 0 Å². The second-order valence-corrected chi connectivity index (χ2v) is 12.6. The third kappa shape index (κ3) is 9.87. The fourth-order valence-corrected chi connectivity index (χ4v) is 6.29. The standard InChI is InChI=1S/C45H46O7/c1-4-40-41(48-28-33-14-8-5-9-15-33)43(50-29-34-16-10-6-11-17-34)45(52-32-37-22-26-39(47-3)27-23-37)44(51-30-35-18-12-7-13-19-35)42(40)49-31-36-20-24-38(46-2)25-21-36/h5-27,41-45H,1,28-32H2,2-3H3/t41-,42+,43-,44-,45-/m1/s1. The molecule has 0 heterocycles. The quantitative estimate of drug-likeness (QED) is 0.0901. The number of rotatable bonds is 17. The van der Waals surface area contributed by atoms with Crippen molar-refractivity contribution >= 4 is 0 Å². The Bertz CT molecular complexity index is 1820. The zero-order valence-corrected chi connectivity index (χ0v) is 29.8. The summed E-state index contributed by atoms with van der Waals surface area (Å²) in [6.07, 6.45) is -3.07. The van der Waals surface area contributed by atoms with Crippen LogP contribution in [0.5, 0.6) is 11.5 Å². The molecule has 0 radical (unpaired) electrons. The Morgan fingerprint density at radius 2 is 0.712 bits per heavy atom. The molecule has 0 bridgehead atoms. The minimum absolute atomic E-state index is 0.300. The molecule has 0 N–H and O–H groups in total. The van der Waals surface area contributed by atoms with Crippen LogP contribution in [0.2, 0.25) is 0 Å². The highest BCUT2D eigenvalue weighted by Crippen LogP contribution is 2.37. The molecule has 5 atom stereocenters. The molecule has 0 aromatic heterocycles. The fraction of sp³-hybridized carbons (Fsp3) is 0.267. The van der Waals surface area contributed by atoms with E-state index in [2.05, 4.69) is 12.3 Å². The van der Waals surface area contributed by atoms with Crippen molar-refractivity contribution in [1.82, 2.24) is 0 Å². The van der Waals surface area contributed by atoms with Crippen molar-refractivity contribution < 1.29 is 33.2 Å². The number of methoxy groups -OCH3 is 2. The highest BCUT2D eigenvalue weighted by atomic mass is 16.6. The molecule has 1 fully saturated rings. The van der Waals surface area contributed by atoms with E-state index in [1.54, 1.807) is 14.2 Å². The Hall–Kier alpha value is -4.98. The molecule has 268 valence electrons. The molecule has 0 aliphatic heterocycles. The van der Waals surface area contributed by atoms with Gasteiger partial charge in [-0.25, -0.2) is 0 Å². The lowest BCUT2D eigenvalue weighted by Gasteiger charge is -2.46. The molecule has 0 spiro atoms. The molecule has 0 amide bonds. The minimum atomic E-state index is -0.624. The van der Waals surface area contributed by atoms with E-state index in [0.717, 1.165) is 39.3 Å². The van der Waals surface area contributed by atoms with E-state index < -0.39 is 30.5 Å². The van der Waals surface area contributed by atoms with Gasteiger partial charge in [-0.1, -0.05) is 122 Å². The van der Waals surface area contributed by atoms with Crippen molar-refractivity contribution in [3.05, 3.63) is 185 Å². The number of benzene rings is 5. The molecular formula is C45H46O7. The summed E-state index contributed by atoms with van der Waals surface area (Å²) < 4.78 is 45.0. The number of hydrogen-bond donors (Lipinski definition) is 0. The Kier molecular flexibility index (Phi) is 13.5. The van der Waals surface area contributed by atoms with Gasteiger partial charge in [0.2, 0.25) is 0 Å². The highest BCUT2D eigenvalue weighted by Gasteiger charge is 2.51. The molecule has 5 aromatic rings. The largest absolute Gasteiger partial charge is 0.497 e. The predicted molar refractivity (Wildman–Crippen MR) is 201 cm³/mol. The summed E-state index contributed by atoms with van der Waals surface area (Å²) in [6.45, 7) is 5.77. The van der Waals surface area contributed by atoms with Crippen molar-refractivity contribution in [2.24, 2.45) is 0 Å². The fourth-order valence-electron chi connectivity index (χ4n) is 6.29. The number of ether oxygens (including phenoxy) is 7. The maximum atomic E-state index is 6.90. The lowest BCUT2D eigenvalue weighted by atomic mass is 9.82. The van der Waals surface area contributed by atoms with Gasteiger partial charge in [-0.05, 0) is 52.1 Å². The SMILES string of the molecule is C=C=C1[C@@H](OCc2ccccc2)[C@@H](OCc2ccccc2)[C@@H](OCc2ccc(OC)cc2)[C@H](OCc2ccccc2)[C@H]1OCc1ccc(OC)cc1. The van der Waals surface area contributed by atoms with Crippen molar-refractivity contribution in [1.29, 1.82) is 0 Å². The molecule has 7 heteroatoms. The Labute approximate surface area is 307 Å². The average Bonchev–Trinajstić information content (AvgIpc) is 3.21. The molecule has 1 saturated carbocycles. The van der Waals surface area contributed by atoms with Gasteiger partial charge in [-0.3, -0.25) is 0 Å². The van der Waals surface area contributed by atoms with Crippen LogP contribution in [-0.2, 0) is 56.7 Å². The third-order valence-electron chi connectivity index (χ3n) is 9.09. The van der Waals surface area contributed by atoms with Crippen LogP contribution in [0.1, 0.15) is 27.8 Å². The van der Waals surface area contributed by atoms with Gasteiger partial charge in [-0.15, -0.1) is 5.73 Å². The second kappa shape index (κ2) is 19.0. The number of hydrogen-bond acceptors (Lipinski definition) is 7. The van der Waals surface area contributed by atoms with Gasteiger partial charge >= 0.3 is 0 Å². The van der Waals surface area contributed by atoms with Crippen molar-refractivity contribution in [3.8, 4) is 11.5 Å². The maximum Gasteiger partial charge on any atom is 0.118 e. The van der Waals surface area contributed by atoms with Crippen LogP contribution in [-0.4, -0.2) is 44.7 Å². The predicted octanol–water partition coefficient (Wildman–Crippen LogP) is 8.66. The smallest absolute Gasteiger partial charge is 0.118 e. The topological polar surface area (TPSA) is 64.6 Å². The lowest BCUT2D eigenvalue weighted by Crippen LogP contribution is -2.61. The van der Waals surface area contributed by atoms with Crippen LogP contribution in [0.3, 0.4) is 0 Å². The van der Waals surface area contributed by atoms with E-state index in [1.165, 1.54) is 0 Å². The summed E-state index contributed by atoms with van der Waals surface area (Å²) in [5.74, 6) is 1.55. The van der Waals surface area contributed by atoms with Gasteiger partial charge in [0.05, 0.1) is 47.3 Å². The first-order chi connectivity index (χ1) is 25.6. The molecule has 0 saturated heterocycles. The Morgan fingerprint density at radius 3 is 1.04 bits per heavy atom. The summed E-state index contributed by atoms with van der Waals surface area (Å²) in [5, 5.41) is 0. The van der Waals surface area contributed by atoms with Crippen LogP contribution in [0.15, 0.2) is 157 Å². The van der Waals surface area contributed by atoms with Gasteiger partial charge in [0.1, 0.15) is 42.0 Å². The van der Waals surface area contributed by atoms with Crippen molar-refractivity contribution in [2.75, 3.05) is 14.2 Å². The van der Waals surface area contributed by atoms with Crippen LogP contribution < -0.4 is 9.47 Å². The van der Waals surface area contributed by atoms with Gasteiger partial charge in [-0.2, -0.15) is 0 Å². The van der Waals surface area contributed by atoms with Crippen LogP contribution in [0, 0.1) is 0 Å². The molecule has 52 heavy (non-hydrogen) atoms. The monoisotopic (exact) mass is 698 g/mol. The zero-order valence-electron chi connectivity index (χ0n) is 29.8. The zero-order chi connectivity index (χ0) is 36.0. The van der Waals surface area contributed by atoms with Gasteiger partial charge in [0.15, 0.2) is 0 Å². The third-order valence-corrected chi connectivity index (χ3v) is 9.09. The van der Waals surface area contributed by atoms with E-state index in [1.807, 2.05) is 140 Å². The van der Waals surface area contributed by atoms with E-state index in [0.29, 0.717) is 38.6 Å². The summed E-state index contributed by atoms with van der Waals surface area (Å²) >= 11 is 0. The van der Waals surface area contributed by atoms with E-state index >= 15 is 0 Å². The Morgan fingerprint density at radius 1 is 0.404 bits per heavy atom. The van der Waals surface area contributed by atoms with Crippen LogP contribution in [0.4, 0.5) is 0 Å². The molecule has 1 aliphatic carbocycles. The molecule has 7 nitrogen and oxygen atoms in total. The van der Waals surface area contributed by atoms with E-state index in [4.69, 9.17) is 33.2 Å². The minimum Gasteiger partial charge on any atom is -0.497 e. The molecule has 0 unspecified atom stereocenters. The summed E-state index contributed by atoms with van der Waals surface area (Å²) in [4.78, 5) is 0. The summed E-state index contributed by atoms with van der Waals surface area (Å²) in [7, 11) is 3.31. The first-order valence-electron chi connectivity index (χ1n) is 17.5. The Balaban J connectivity index is 1.38. The first-order valence-corrected chi connectivity index (χ1v) is 17.5. The average molecular weight is 699 g/mol. The highest BCUT2D eigenvalue weighted by molar-refractivity contribution is 5.29. The van der Waals surface area contributed by atoms with Crippen molar-refractivity contribution in [2.45, 2.75) is 63.6 Å². The van der Waals surface area contributed by atoms with E-state index in [9.17, 15) is 0 Å². The summed E-state index contributed by atoms with van der Waals surface area (Å²) in [6, 6.07) is 45.9. The normalized spacial score (nSPS) is 19.9. The van der Waals surface area contributed by atoms with Gasteiger partial charge in [0, 0.05) is 5.57 Å². The van der Waals surface area contributed by atoms with Crippen molar-refractivity contribution in [3.63, 3.8) is 0 Å². The molecule has 1 aliphatic rings. The molecule has 6 rings (SSSR count). The first kappa shape index (κ1) is 36.8. The van der Waals surface area contributed by atoms with E-state index in [-0.39, 0.29) is 0 Å². The maximum absolute atomic E-state index is 6.90.